The summed E-state index contributed by atoms with van der Waals surface area (Å²) >= 11 is 0. The van der Waals surface area contributed by atoms with Gasteiger partial charge >= 0.3 is 0 Å². The van der Waals surface area contributed by atoms with Gasteiger partial charge in [0, 0.05) is 38.6 Å². The molecule has 1 saturated heterocycles. The topological polar surface area (TPSA) is 92.7 Å². The number of guanidine groups is 1. The number of methoxy groups -OCH3 is 1. The predicted octanol–water partition coefficient (Wildman–Crippen LogP) is 1.59. The Labute approximate surface area is 184 Å². The largest absolute Gasteiger partial charge is 0.469 e. The van der Waals surface area contributed by atoms with E-state index >= 15 is 0 Å². The minimum absolute atomic E-state index is 0.269. The normalized spacial score (nSPS) is 21.9. The van der Waals surface area contributed by atoms with E-state index in [4.69, 9.17) is 14.1 Å². The molecule has 2 aromatic heterocycles. The molecule has 4 heterocycles. The zero-order chi connectivity index (χ0) is 21.5. The van der Waals surface area contributed by atoms with Crippen LogP contribution in [0.15, 0.2) is 27.8 Å². The highest BCUT2D eigenvalue weighted by Gasteiger charge is 2.24. The molecule has 31 heavy (non-hydrogen) atoms. The van der Waals surface area contributed by atoms with E-state index in [1.165, 1.54) is 19.4 Å². The first-order valence-corrected chi connectivity index (χ1v) is 11.5. The van der Waals surface area contributed by atoms with Crippen LogP contribution in [0.1, 0.15) is 43.6 Å². The summed E-state index contributed by atoms with van der Waals surface area (Å²) in [5, 5.41) is 11.7. The Morgan fingerprint density at radius 3 is 3.13 bits per heavy atom. The lowest BCUT2D eigenvalue weighted by molar-refractivity contribution is 0.177. The van der Waals surface area contributed by atoms with Crippen molar-refractivity contribution in [1.29, 1.82) is 0 Å². The second-order valence-electron chi connectivity index (χ2n) is 8.31. The molecule has 2 aliphatic rings. The molecule has 0 saturated carbocycles. The van der Waals surface area contributed by atoms with Gasteiger partial charge in [-0.15, -0.1) is 0 Å². The molecule has 2 unspecified atom stereocenters. The van der Waals surface area contributed by atoms with E-state index in [0.717, 1.165) is 68.8 Å². The average Bonchev–Trinajstić information content (AvgIpc) is 3.52. The Bertz CT molecular complexity index is 833. The molecule has 9 heteroatoms. The molecule has 4 rings (SSSR count). The molecule has 2 N–H and O–H groups in total. The number of aliphatic imine (C=N–C) groups is 1. The van der Waals surface area contributed by atoms with Gasteiger partial charge in [-0.1, -0.05) is 6.92 Å². The predicted molar refractivity (Wildman–Crippen MR) is 119 cm³/mol. The fourth-order valence-electron chi connectivity index (χ4n) is 4.49. The summed E-state index contributed by atoms with van der Waals surface area (Å²) in [7, 11) is 1.67. The van der Waals surface area contributed by atoms with E-state index in [-0.39, 0.29) is 6.04 Å². The minimum atomic E-state index is 0.269. The Kier molecular flexibility index (Phi) is 7.58. The molecule has 1 fully saturated rings. The molecule has 2 aliphatic heterocycles. The van der Waals surface area contributed by atoms with Crippen molar-refractivity contribution in [3.8, 4) is 0 Å². The van der Waals surface area contributed by atoms with E-state index in [1.807, 2.05) is 16.8 Å². The van der Waals surface area contributed by atoms with Gasteiger partial charge in [-0.2, -0.15) is 5.10 Å². The monoisotopic (exact) mass is 429 g/mol. The number of hydrogen-bond acceptors (Lipinski definition) is 6. The number of ether oxygens (including phenoxy) is 1. The first kappa shape index (κ1) is 21.8. The fraction of sp³-hybridized carbons (Fsp3) is 0.682. The van der Waals surface area contributed by atoms with Gasteiger partial charge in [0.25, 0.3) is 0 Å². The lowest BCUT2D eigenvalue weighted by Crippen LogP contribution is -2.48. The van der Waals surface area contributed by atoms with Gasteiger partial charge in [-0.25, -0.2) is 9.67 Å². The van der Waals surface area contributed by atoms with Crippen LogP contribution in [0.3, 0.4) is 0 Å². The van der Waals surface area contributed by atoms with Crippen molar-refractivity contribution in [2.24, 2.45) is 4.99 Å². The third-order valence-electron chi connectivity index (χ3n) is 6.13. The molecular weight excluding hydrogens is 394 g/mol. The number of nitrogens with zero attached hydrogens (tertiary/aromatic N) is 5. The summed E-state index contributed by atoms with van der Waals surface area (Å²) in [6.45, 7) is 7.36. The van der Waals surface area contributed by atoms with Gasteiger partial charge in [0.05, 0.1) is 19.4 Å². The van der Waals surface area contributed by atoms with Gasteiger partial charge in [-0.3, -0.25) is 9.89 Å². The van der Waals surface area contributed by atoms with Crippen LogP contribution in [0.4, 0.5) is 0 Å². The molecule has 0 spiro atoms. The Morgan fingerprint density at radius 1 is 1.39 bits per heavy atom. The lowest BCUT2D eigenvalue weighted by atomic mass is 10.1. The number of fused-ring (bicyclic) bond motifs is 1. The highest BCUT2D eigenvalue weighted by molar-refractivity contribution is 5.80. The van der Waals surface area contributed by atoms with Crippen molar-refractivity contribution in [1.82, 2.24) is 30.3 Å². The van der Waals surface area contributed by atoms with Gasteiger partial charge in [0.1, 0.15) is 18.2 Å². The number of aromatic nitrogens is 3. The quantitative estimate of drug-likeness (QED) is 0.462. The van der Waals surface area contributed by atoms with E-state index in [2.05, 4.69) is 32.5 Å². The van der Waals surface area contributed by atoms with Crippen molar-refractivity contribution in [3.63, 3.8) is 0 Å². The molecular formula is C22H35N7O2. The number of rotatable bonds is 9. The highest BCUT2D eigenvalue weighted by Crippen LogP contribution is 2.17. The van der Waals surface area contributed by atoms with Crippen molar-refractivity contribution >= 4 is 5.96 Å². The second kappa shape index (κ2) is 10.8. The maximum absolute atomic E-state index is 5.46. The van der Waals surface area contributed by atoms with Crippen LogP contribution in [-0.4, -0.2) is 71.0 Å². The van der Waals surface area contributed by atoms with Crippen LogP contribution in [0.25, 0.3) is 0 Å². The maximum Gasteiger partial charge on any atom is 0.191 e. The third-order valence-corrected chi connectivity index (χ3v) is 6.13. The van der Waals surface area contributed by atoms with Crippen LogP contribution in [0.2, 0.25) is 0 Å². The Hall–Kier alpha value is -2.39. The van der Waals surface area contributed by atoms with Crippen LogP contribution >= 0.6 is 0 Å². The van der Waals surface area contributed by atoms with Crippen molar-refractivity contribution in [3.05, 3.63) is 35.8 Å². The standard InChI is InChI=1S/C22H35N7O2/c1-3-28-12-4-6-18(28)14-24-22(23-11-10-19-7-5-13-31-19)25-17-8-9-21-26-20(16-30-2)27-29(21)15-17/h5,7,13,17-18H,3-4,6,8-12,14-16H2,1-2H3,(H2,23,24,25). The van der Waals surface area contributed by atoms with E-state index in [1.54, 1.807) is 13.4 Å². The van der Waals surface area contributed by atoms with Gasteiger partial charge < -0.3 is 19.8 Å². The number of likely N-dealkylation sites (N-methyl/N-ethyl adjacent to an activating group) is 1. The summed E-state index contributed by atoms with van der Waals surface area (Å²) in [6.07, 6.45) is 6.96. The molecule has 0 aliphatic carbocycles. The summed E-state index contributed by atoms with van der Waals surface area (Å²) in [5.41, 5.74) is 0. The van der Waals surface area contributed by atoms with E-state index < -0.39 is 0 Å². The molecule has 9 nitrogen and oxygen atoms in total. The van der Waals surface area contributed by atoms with Crippen LogP contribution in [0, 0.1) is 0 Å². The number of nitrogens with one attached hydrogen (secondary N) is 2. The summed E-state index contributed by atoms with van der Waals surface area (Å²) in [5.74, 6) is 3.65. The first-order valence-electron chi connectivity index (χ1n) is 11.5. The highest BCUT2D eigenvalue weighted by atomic mass is 16.5. The zero-order valence-corrected chi connectivity index (χ0v) is 18.7. The maximum atomic E-state index is 5.46. The van der Waals surface area contributed by atoms with Crippen molar-refractivity contribution < 1.29 is 9.15 Å². The number of hydrogen-bond donors (Lipinski definition) is 2. The van der Waals surface area contributed by atoms with Gasteiger partial charge in [0.15, 0.2) is 11.8 Å². The SMILES string of the molecule is CCN1CCCC1CN=C(NCCc1ccco1)NC1CCc2nc(COC)nn2C1. The number of furan rings is 1. The van der Waals surface area contributed by atoms with E-state index in [9.17, 15) is 0 Å². The molecule has 0 amide bonds. The summed E-state index contributed by atoms with van der Waals surface area (Å²) in [6, 6.07) is 4.75. The fourth-order valence-corrected chi connectivity index (χ4v) is 4.49. The van der Waals surface area contributed by atoms with E-state index in [0.29, 0.717) is 12.6 Å². The van der Waals surface area contributed by atoms with Gasteiger partial charge in [0.2, 0.25) is 0 Å². The first-order chi connectivity index (χ1) is 15.2. The smallest absolute Gasteiger partial charge is 0.191 e. The molecule has 0 bridgehead atoms. The molecule has 0 aromatic carbocycles. The Balaban J connectivity index is 1.37. The molecule has 2 aromatic rings. The average molecular weight is 430 g/mol. The second-order valence-corrected chi connectivity index (χ2v) is 8.31. The van der Waals surface area contributed by atoms with Crippen molar-refractivity contribution in [2.45, 2.75) is 64.3 Å². The molecule has 0 radical (unpaired) electrons. The van der Waals surface area contributed by atoms with Gasteiger partial charge in [-0.05, 0) is 44.5 Å². The van der Waals surface area contributed by atoms with Crippen molar-refractivity contribution in [2.75, 3.05) is 33.3 Å². The summed E-state index contributed by atoms with van der Waals surface area (Å²) in [4.78, 5) is 12.1. The summed E-state index contributed by atoms with van der Waals surface area (Å²) < 4.78 is 12.6. The third kappa shape index (κ3) is 5.86. The van der Waals surface area contributed by atoms with Crippen LogP contribution in [-0.2, 0) is 30.7 Å². The lowest BCUT2D eigenvalue weighted by Gasteiger charge is -2.26. The molecule has 2 atom stereocenters. The minimum Gasteiger partial charge on any atom is -0.469 e. The number of aryl methyl sites for hydroxylation is 1. The van der Waals surface area contributed by atoms with Crippen LogP contribution in [0.5, 0.6) is 0 Å². The Morgan fingerprint density at radius 2 is 2.32 bits per heavy atom. The van der Waals surface area contributed by atoms with Crippen LogP contribution < -0.4 is 10.6 Å². The number of likely N-dealkylation sites (tertiary alicyclic amines) is 1. The zero-order valence-electron chi connectivity index (χ0n) is 18.7. The molecule has 170 valence electrons.